The molecular formula is C12H16O5. The molecule has 0 aromatic rings. The SMILES string of the molecule is COC(=O)[C@H]1[C@H](C(=O)OC)[C@]2(C)C=C[C@@]1(C)O2. The molecule has 2 aliphatic heterocycles. The van der Waals surface area contributed by atoms with E-state index in [4.69, 9.17) is 14.2 Å². The molecule has 94 valence electrons. The van der Waals surface area contributed by atoms with Gasteiger partial charge in [0, 0.05) is 0 Å². The molecule has 1 saturated heterocycles. The van der Waals surface area contributed by atoms with Gasteiger partial charge in [-0.25, -0.2) is 0 Å². The minimum Gasteiger partial charge on any atom is -0.469 e. The molecule has 17 heavy (non-hydrogen) atoms. The van der Waals surface area contributed by atoms with Gasteiger partial charge in [0.1, 0.15) is 11.8 Å². The van der Waals surface area contributed by atoms with Crippen LogP contribution in [0.3, 0.4) is 0 Å². The van der Waals surface area contributed by atoms with Crippen LogP contribution >= 0.6 is 0 Å². The van der Waals surface area contributed by atoms with Crippen molar-refractivity contribution in [3.05, 3.63) is 12.2 Å². The minimum absolute atomic E-state index is 0.448. The fourth-order valence-electron chi connectivity index (χ4n) is 2.86. The number of hydrogen-bond acceptors (Lipinski definition) is 5. The highest BCUT2D eigenvalue weighted by Crippen LogP contribution is 2.53. The molecule has 0 aromatic heterocycles. The summed E-state index contributed by atoms with van der Waals surface area (Å²) in [6.45, 7) is 3.55. The number of fused-ring (bicyclic) bond motifs is 2. The van der Waals surface area contributed by atoms with Gasteiger partial charge in [-0.05, 0) is 13.8 Å². The van der Waals surface area contributed by atoms with Crippen molar-refractivity contribution in [2.45, 2.75) is 25.0 Å². The van der Waals surface area contributed by atoms with E-state index in [2.05, 4.69) is 0 Å². The van der Waals surface area contributed by atoms with Crippen LogP contribution in [0.2, 0.25) is 0 Å². The quantitative estimate of drug-likeness (QED) is 0.524. The molecular weight excluding hydrogens is 224 g/mol. The van der Waals surface area contributed by atoms with Crippen molar-refractivity contribution in [1.82, 2.24) is 0 Å². The van der Waals surface area contributed by atoms with Crippen LogP contribution in [-0.2, 0) is 23.8 Å². The molecule has 0 unspecified atom stereocenters. The van der Waals surface area contributed by atoms with Crippen LogP contribution in [0.5, 0.6) is 0 Å². The van der Waals surface area contributed by atoms with Gasteiger partial charge < -0.3 is 14.2 Å². The maximum atomic E-state index is 11.8. The third kappa shape index (κ3) is 1.49. The predicted molar refractivity (Wildman–Crippen MR) is 58.0 cm³/mol. The van der Waals surface area contributed by atoms with Crippen molar-refractivity contribution < 1.29 is 23.8 Å². The summed E-state index contributed by atoms with van der Waals surface area (Å²) in [5.41, 5.74) is -1.58. The highest BCUT2D eigenvalue weighted by atomic mass is 16.6. The van der Waals surface area contributed by atoms with Gasteiger partial charge >= 0.3 is 11.9 Å². The Balaban J connectivity index is 2.44. The summed E-state index contributed by atoms with van der Waals surface area (Å²) in [6, 6.07) is 0. The molecule has 0 radical (unpaired) electrons. The van der Waals surface area contributed by atoms with E-state index in [1.165, 1.54) is 14.2 Å². The van der Waals surface area contributed by atoms with E-state index in [9.17, 15) is 9.59 Å². The first-order valence-electron chi connectivity index (χ1n) is 5.44. The smallest absolute Gasteiger partial charge is 0.312 e. The first kappa shape index (κ1) is 12.1. The van der Waals surface area contributed by atoms with Crippen molar-refractivity contribution in [2.75, 3.05) is 14.2 Å². The highest BCUT2D eigenvalue weighted by molar-refractivity contribution is 5.86. The van der Waals surface area contributed by atoms with Gasteiger partial charge in [0.25, 0.3) is 0 Å². The standard InChI is InChI=1S/C12H16O5/c1-11-5-6-12(2,17-11)8(10(14)16-4)7(11)9(13)15-3/h5-8H,1-4H3/t7-,8-,11-,12+/m1/s1. The summed E-state index contributed by atoms with van der Waals surface area (Å²) in [5.74, 6) is -2.21. The van der Waals surface area contributed by atoms with Crippen LogP contribution in [0.25, 0.3) is 0 Å². The fourth-order valence-corrected chi connectivity index (χ4v) is 2.86. The van der Waals surface area contributed by atoms with Crippen LogP contribution in [0.1, 0.15) is 13.8 Å². The average molecular weight is 240 g/mol. The fraction of sp³-hybridized carbons (Fsp3) is 0.667. The van der Waals surface area contributed by atoms with Crippen LogP contribution in [0.15, 0.2) is 12.2 Å². The van der Waals surface area contributed by atoms with Gasteiger partial charge in [0.05, 0.1) is 25.4 Å². The van der Waals surface area contributed by atoms with Gasteiger partial charge in [-0.3, -0.25) is 9.59 Å². The van der Waals surface area contributed by atoms with Crippen molar-refractivity contribution in [2.24, 2.45) is 11.8 Å². The Hall–Kier alpha value is -1.36. The Morgan fingerprint density at radius 2 is 1.35 bits per heavy atom. The number of carbonyl (C=O) groups excluding carboxylic acids is 2. The Labute approximate surface area is 99.7 Å². The van der Waals surface area contributed by atoms with E-state index in [1.807, 2.05) is 12.2 Å². The van der Waals surface area contributed by atoms with Gasteiger partial charge in [0.15, 0.2) is 0 Å². The first-order valence-corrected chi connectivity index (χ1v) is 5.44. The number of carbonyl (C=O) groups is 2. The molecule has 0 spiro atoms. The average Bonchev–Trinajstić information content (AvgIpc) is 2.72. The van der Waals surface area contributed by atoms with Crippen molar-refractivity contribution in [3.63, 3.8) is 0 Å². The van der Waals surface area contributed by atoms with Crippen molar-refractivity contribution >= 4 is 11.9 Å². The molecule has 2 bridgehead atoms. The molecule has 4 atom stereocenters. The van der Waals surface area contributed by atoms with Gasteiger partial charge in [0.2, 0.25) is 0 Å². The van der Waals surface area contributed by atoms with Crippen LogP contribution in [0, 0.1) is 11.8 Å². The van der Waals surface area contributed by atoms with Crippen LogP contribution < -0.4 is 0 Å². The summed E-state index contributed by atoms with van der Waals surface area (Å²) >= 11 is 0. The van der Waals surface area contributed by atoms with Crippen molar-refractivity contribution in [1.29, 1.82) is 0 Å². The molecule has 0 N–H and O–H groups in total. The predicted octanol–water partition coefficient (Wildman–Crippen LogP) is 0.682. The Morgan fingerprint density at radius 1 is 1.00 bits per heavy atom. The number of ether oxygens (including phenoxy) is 3. The van der Waals surface area contributed by atoms with E-state index in [1.54, 1.807) is 13.8 Å². The number of esters is 2. The normalized spacial score (nSPS) is 42.6. The summed E-state index contributed by atoms with van der Waals surface area (Å²) in [7, 11) is 2.61. The van der Waals surface area contributed by atoms with Gasteiger partial charge in [-0.15, -0.1) is 0 Å². The van der Waals surface area contributed by atoms with E-state index in [0.29, 0.717) is 0 Å². The second-order valence-corrected chi connectivity index (χ2v) is 4.80. The largest absolute Gasteiger partial charge is 0.469 e. The Kier molecular flexibility index (Phi) is 2.54. The molecule has 1 fully saturated rings. The lowest BCUT2D eigenvalue weighted by Gasteiger charge is -2.28. The molecule has 2 heterocycles. The third-order valence-corrected chi connectivity index (χ3v) is 3.66. The number of hydrogen-bond donors (Lipinski definition) is 0. The van der Waals surface area contributed by atoms with E-state index < -0.39 is 35.0 Å². The summed E-state index contributed by atoms with van der Waals surface area (Å²) in [4.78, 5) is 23.7. The van der Waals surface area contributed by atoms with Gasteiger partial charge in [-0.2, -0.15) is 0 Å². The van der Waals surface area contributed by atoms with E-state index in [-0.39, 0.29) is 0 Å². The highest BCUT2D eigenvalue weighted by Gasteiger charge is 2.66. The second kappa shape index (κ2) is 3.57. The summed E-state index contributed by atoms with van der Waals surface area (Å²) < 4.78 is 15.3. The lowest BCUT2D eigenvalue weighted by molar-refractivity contribution is -0.158. The van der Waals surface area contributed by atoms with Crippen LogP contribution in [0.4, 0.5) is 0 Å². The zero-order chi connectivity index (χ0) is 12.8. The monoisotopic (exact) mass is 240 g/mol. The van der Waals surface area contributed by atoms with Gasteiger partial charge in [-0.1, -0.05) is 12.2 Å². The van der Waals surface area contributed by atoms with E-state index >= 15 is 0 Å². The second-order valence-electron chi connectivity index (χ2n) is 4.80. The molecule has 0 aliphatic carbocycles. The molecule has 0 amide bonds. The minimum atomic E-state index is -0.791. The summed E-state index contributed by atoms with van der Waals surface area (Å²) in [6.07, 6.45) is 3.63. The lowest BCUT2D eigenvalue weighted by atomic mass is 9.71. The first-order chi connectivity index (χ1) is 7.88. The molecule has 2 aliphatic rings. The number of rotatable bonds is 2. The zero-order valence-electron chi connectivity index (χ0n) is 10.4. The molecule has 2 rings (SSSR count). The molecule has 5 nitrogen and oxygen atoms in total. The van der Waals surface area contributed by atoms with Crippen molar-refractivity contribution in [3.8, 4) is 0 Å². The molecule has 0 aromatic carbocycles. The van der Waals surface area contributed by atoms with Crippen LogP contribution in [-0.4, -0.2) is 37.4 Å². The van der Waals surface area contributed by atoms with E-state index in [0.717, 1.165) is 0 Å². The third-order valence-electron chi connectivity index (χ3n) is 3.66. The molecule has 5 heteroatoms. The lowest BCUT2D eigenvalue weighted by Crippen LogP contribution is -2.45. The topological polar surface area (TPSA) is 61.8 Å². The number of methoxy groups -OCH3 is 2. The Bertz CT molecular complexity index is 366. The maximum absolute atomic E-state index is 11.8. The maximum Gasteiger partial charge on any atom is 0.312 e. The summed E-state index contributed by atoms with van der Waals surface area (Å²) in [5, 5.41) is 0. The zero-order valence-corrected chi connectivity index (χ0v) is 10.4. The Morgan fingerprint density at radius 3 is 1.65 bits per heavy atom. The molecule has 0 saturated carbocycles.